The third-order valence-corrected chi connectivity index (χ3v) is 3.68. The molecule has 1 rings (SSSR count). The first-order valence-electron chi connectivity index (χ1n) is 6.73. The third kappa shape index (κ3) is 4.95. The van der Waals surface area contributed by atoms with Gasteiger partial charge in [0, 0.05) is 18.9 Å². The van der Waals surface area contributed by atoms with E-state index < -0.39 is 22.2 Å². The standard InChI is InChI=1S/C13H21N3O5S/c1-3-20-11(21-4-2)8-16-13(17)12-9(14)6-5-7-10(12)22(15,18)19/h5-7,11H,3-4,8,14H2,1-2H3,(H,16,17)(H2,15,18,19). The second-order valence-corrected chi connectivity index (χ2v) is 5.85. The molecule has 124 valence electrons. The molecule has 0 spiro atoms. The quantitative estimate of drug-likeness (QED) is 0.455. The van der Waals surface area contributed by atoms with E-state index in [0.717, 1.165) is 0 Å². The van der Waals surface area contributed by atoms with E-state index in [0.29, 0.717) is 13.2 Å². The van der Waals surface area contributed by atoms with Crippen LogP contribution in [-0.4, -0.2) is 40.4 Å². The molecule has 5 N–H and O–H groups in total. The summed E-state index contributed by atoms with van der Waals surface area (Å²) in [6.45, 7) is 4.47. The summed E-state index contributed by atoms with van der Waals surface area (Å²) >= 11 is 0. The van der Waals surface area contributed by atoms with Crippen molar-refractivity contribution in [1.29, 1.82) is 0 Å². The number of nitrogen functional groups attached to an aromatic ring is 1. The highest BCUT2D eigenvalue weighted by Crippen LogP contribution is 2.20. The van der Waals surface area contributed by atoms with Crippen molar-refractivity contribution in [3.05, 3.63) is 23.8 Å². The van der Waals surface area contributed by atoms with Crippen LogP contribution in [0.4, 0.5) is 5.69 Å². The Morgan fingerprint density at radius 2 is 1.86 bits per heavy atom. The maximum atomic E-state index is 12.2. The number of sulfonamides is 1. The minimum atomic E-state index is -4.06. The average Bonchev–Trinajstić information content (AvgIpc) is 2.43. The number of anilines is 1. The van der Waals surface area contributed by atoms with Crippen molar-refractivity contribution in [2.24, 2.45) is 5.14 Å². The Balaban J connectivity index is 2.94. The van der Waals surface area contributed by atoms with E-state index in [1.54, 1.807) is 13.8 Å². The predicted octanol–water partition coefficient (Wildman–Crippen LogP) is 0.0451. The van der Waals surface area contributed by atoms with Crippen LogP contribution < -0.4 is 16.2 Å². The average molecular weight is 331 g/mol. The van der Waals surface area contributed by atoms with Crippen LogP contribution >= 0.6 is 0 Å². The Labute approximate surface area is 129 Å². The van der Waals surface area contributed by atoms with Gasteiger partial charge in [0.05, 0.1) is 17.0 Å². The molecule has 0 aliphatic rings. The van der Waals surface area contributed by atoms with Crippen molar-refractivity contribution in [2.75, 3.05) is 25.5 Å². The zero-order valence-electron chi connectivity index (χ0n) is 12.5. The zero-order chi connectivity index (χ0) is 16.8. The monoisotopic (exact) mass is 331 g/mol. The van der Waals surface area contributed by atoms with Crippen LogP contribution in [0.3, 0.4) is 0 Å². The van der Waals surface area contributed by atoms with Gasteiger partial charge in [-0.3, -0.25) is 4.79 Å². The number of hydrogen-bond acceptors (Lipinski definition) is 6. The maximum Gasteiger partial charge on any atom is 0.254 e. The minimum absolute atomic E-state index is 0.0217. The number of carbonyl (C=O) groups excluding carboxylic acids is 1. The van der Waals surface area contributed by atoms with E-state index in [1.165, 1.54) is 18.2 Å². The zero-order valence-corrected chi connectivity index (χ0v) is 13.4. The lowest BCUT2D eigenvalue weighted by Gasteiger charge is -2.18. The Morgan fingerprint density at radius 3 is 2.36 bits per heavy atom. The first-order chi connectivity index (χ1) is 10.3. The minimum Gasteiger partial charge on any atom is -0.398 e. The lowest BCUT2D eigenvalue weighted by molar-refractivity contribution is -0.131. The number of primary sulfonamides is 1. The summed E-state index contributed by atoms with van der Waals surface area (Å²) in [5, 5.41) is 7.64. The van der Waals surface area contributed by atoms with Crippen LogP contribution in [0.1, 0.15) is 24.2 Å². The molecular weight excluding hydrogens is 310 g/mol. The molecule has 0 fully saturated rings. The Kier molecular flexibility index (Phi) is 6.75. The number of nitrogens with one attached hydrogen (secondary N) is 1. The molecular formula is C13H21N3O5S. The highest BCUT2D eigenvalue weighted by molar-refractivity contribution is 7.89. The molecule has 0 bridgehead atoms. The smallest absolute Gasteiger partial charge is 0.254 e. The second kappa shape index (κ2) is 8.08. The van der Waals surface area contributed by atoms with Crippen LogP contribution in [-0.2, 0) is 19.5 Å². The van der Waals surface area contributed by atoms with Gasteiger partial charge < -0.3 is 20.5 Å². The number of carbonyl (C=O) groups is 1. The molecule has 0 radical (unpaired) electrons. The van der Waals surface area contributed by atoms with Crippen molar-refractivity contribution >= 4 is 21.6 Å². The van der Waals surface area contributed by atoms with Crippen LogP contribution in [0.2, 0.25) is 0 Å². The van der Waals surface area contributed by atoms with E-state index >= 15 is 0 Å². The molecule has 0 saturated carbocycles. The number of nitrogens with two attached hydrogens (primary N) is 2. The van der Waals surface area contributed by atoms with Gasteiger partial charge in [-0.25, -0.2) is 13.6 Å². The maximum absolute atomic E-state index is 12.2. The van der Waals surface area contributed by atoms with Crippen molar-refractivity contribution in [3.63, 3.8) is 0 Å². The Bertz CT molecular complexity index is 612. The molecule has 0 heterocycles. The van der Waals surface area contributed by atoms with Gasteiger partial charge in [0.15, 0.2) is 6.29 Å². The van der Waals surface area contributed by atoms with Gasteiger partial charge in [0.1, 0.15) is 0 Å². The topological polar surface area (TPSA) is 134 Å². The van der Waals surface area contributed by atoms with Crippen molar-refractivity contribution in [3.8, 4) is 0 Å². The fourth-order valence-electron chi connectivity index (χ4n) is 1.83. The van der Waals surface area contributed by atoms with Gasteiger partial charge in [-0.1, -0.05) is 6.07 Å². The second-order valence-electron chi connectivity index (χ2n) is 4.32. The molecule has 1 aromatic rings. The van der Waals surface area contributed by atoms with Crippen molar-refractivity contribution in [1.82, 2.24) is 5.32 Å². The summed E-state index contributed by atoms with van der Waals surface area (Å²) in [7, 11) is -4.06. The SMILES string of the molecule is CCOC(CNC(=O)c1c(N)cccc1S(N)(=O)=O)OCC. The van der Waals surface area contributed by atoms with Crippen LogP contribution in [0.5, 0.6) is 0 Å². The summed E-state index contributed by atoms with van der Waals surface area (Å²) in [5.41, 5.74) is 5.54. The first-order valence-corrected chi connectivity index (χ1v) is 8.28. The summed E-state index contributed by atoms with van der Waals surface area (Å²) in [6, 6.07) is 4.06. The largest absolute Gasteiger partial charge is 0.398 e. The van der Waals surface area contributed by atoms with Gasteiger partial charge in [0.25, 0.3) is 5.91 Å². The lowest BCUT2D eigenvalue weighted by atomic mass is 10.1. The predicted molar refractivity (Wildman–Crippen MR) is 81.6 cm³/mol. The number of ether oxygens (including phenoxy) is 2. The first kappa shape index (κ1) is 18.4. The molecule has 1 amide bonds. The number of rotatable bonds is 8. The van der Waals surface area contributed by atoms with Gasteiger partial charge in [-0.15, -0.1) is 0 Å². The van der Waals surface area contributed by atoms with Gasteiger partial charge >= 0.3 is 0 Å². The van der Waals surface area contributed by atoms with Crippen molar-refractivity contribution in [2.45, 2.75) is 25.0 Å². The molecule has 0 atom stereocenters. The molecule has 0 aliphatic carbocycles. The van der Waals surface area contributed by atoms with E-state index in [-0.39, 0.29) is 22.7 Å². The summed E-state index contributed by atoms with van der Waals surface area (Å²) in [6.07, 6.45) is -0.623. The van der Waals surface area contributed by atoms with E-state index in [9.17, 15) is 13.2 Å². The Hall–Kier alpha value is -1.68. The molecule has 0 unspecified atom stereocenters. The fraction of sp³-hybridized carbons (Fsp3) is 0.462. The van der Waals surface area contributed by atoms with Gasteiger partial charge in [0.2, 0.25) is 10.0 Å². The fourth-order valence-corrected chi connectivity index (χ4v) is 2.59. The summed E-state index contributed by atoms with van der Waals surface area (Å²) < 4.78 is 33.7. The molecule has 8 nitrogen and oxygen atoms in total. The van der Waals surface area contributed by atoms with Crippen molar-refractivity contribution < 1.29 is 22.7 Å². The normalized spacial score (nSPS) is 11.6. The molecule has 0 saturated heterocycles. The van der Waals surface area contributed by atoms with Gasteiger partial charge in [-0.05, 0) is 26.0 Å². The summed E-state index contributed by atoms with van der Waals surface area (Å²) in [4.78, 5) is 11.9. The van der Waals surface area contributed by atoms with Crippen LogP contribution in [0, 0.1) is 0 Å². The molecule has 0 aromatic heterocycles. The highest BCUT2D eigenvalue weighted by Gasteiger charge is 2.22. The van der Waals surface area contributed by atoms with E-state index in [4.69, 9.17) is 20.3 Å². The number of hydrogen-bond donors (Lipinski definition) is 3. The summed E-state index contributed by atoms with van der Waals surface area (Å²) in [5.74, 6) is -0.661. The molecule has 22 heavy (non-hydrogen) atoms. The van der Waals surface area contributed by atoms with Crippen LogP contribution in [0.15, 0.2) is 23.1 Å². The molecule has 1 aromatic carbocycles. The Morgan fingerprint density at radius 1 is 1.27 bits per heavy atom. The van der Waals surface area contributed by atoms with E-state index in [2.05, 4.69) is 5.32 Å². The third-order valence-electron chi connectivity index (χ3n) is 2.73. The lowest BCUT2D eigenvalue weighted by Crippen LogP contribution is -2.36. The highest BCUT2D eigenvalue weighted by atomic mass is 32.2. The van der Waals surface area contributed by atoms with Crippen LogP contribution in [0.25, 0.3) is 0 Å². The van der Waals surface area contributed by atoms with E-state index in [1.807, 2.05) is 0 Å². The number of benzene rings is 1. The molecule has 0 aliphatic heterocycles. The van der Waals surface area contributed by atoms with Gasteiger partial charge in [-0.2, -0.15) is 0 Å². The molecule has 9 heteroatoms. The number of amides is 1.